The first-order valence-corrected chi connectivity index (χ1v) is 13.5. The summed E-state index contributed by atoms with van der Waals surface area (Å²) in [6.45, 7) is 0.146. The molecule has 9 heteroatoms. The van der Waals surface area contributed by atoms with Crippen molar-refractivity contribution < 1.29 is 32.1 Å². The monoisotopic (exact) mass is 545 g/mol. The van der Waals surface area contributed by atoms with E-state index in [4.69, 9.17) is 28.7 Å². The second-order valence-electron chi connectivity index (χ2n) is 8.61. The van der Waals surface area contributed by atoms with E-state index in [0.717, 1.165) is 16.3 Å². The quantitative estimate of drug-likeness (QED) is 0.214. The molecule has 8 nitrogen and oxygen atoms in total. The minimum Gasteiger partial charge on any atom is -0.493 e. The van der Waals surface area contributed by atoms with Crippen LogP contribution < -0.4 is 23.7 Å². The third-order valence-electron chi connectivity index (χ3n) is 6.44. The molecule has 0 aliphatic carbocycles. The molecule has 5 aromatic rings. The van der Waals surface area contributed by atoms with E-state index in [2.05, 4.69) is 0 Å². The molecule has 5 rings (SSSR count). The number of hydrogen-bond donors (Lipinski definition) is 0. The van der Waals surface area contributed by atoms with E-state index in [1.165, 1.54) is 0 Å². The summed E-state index contributed by atoms with van der Waals surface area (Å²) >= 11 is 0. The van der Waals surface area contributed by atoms with E-state index in [0.29, 0.717) is 39.8 Å². The van der Waals surface area contributed by atoms with Gasteiger partial charge >= 0.3 is 0 Å². The van der Waals surface area contributed by atoms with Crippen LogP contribution in [0.25, 0.3) is 21.7 Å². The molecule has 0 aliphatic rings. The first-order valence-electron chi connectivity index (χ1n) is 12.0. The molecule has 0 bridgehead atoms. The van der Waals surface area contributed by atoms with Crippen LogP contribution in [-0.4, -0.2) is 41.8 Å². The minimum absolute atomic E-state index is 0.146. The predicted octanol–water partition coefficient (Wildman–Crippen LogP) is 5.83. The highest BCUT2D eigenvalue weighted by Crippen LogP contribution is 2.44. The van der Waals surface area contributed by atoms with E-state index >= 15 is 0 Å². The third-order valence-corrected chi connectivity index (χ3v) is 8.22. The first-order chi connectivity index (χ1) is 18.9. The average molecular weight is 546 g/mol. The molecule has 0 N–H and O–H groups in total. The number of methoxy groups -OCH3 is 4. The molecule has 4 aromatic carbocycles. The number of ether oxygens (including phenoxy) is 5. The number of fused-ring (bicyclic) bond motifs is 3. The molecule has 0 radical (unpaired) electrons. The topological polar surface area (TPSA) is 93.2 Å². The van der Waals surface area contributed by atoms with Crippen molar-refractivity contribution in [3.63, 3.8) is 0 Å². The zero-order valence-electron chi connectivity index (χ0n) is 21.9. The SMILES string of the molecule is COc1cc2nc(OCc3ccc(S(=O)(=O)c4ccccc4)cc3)c3c(OC)c(OC)ccc3c2cc1OC. The van der Waals surface area contributed by atoms with Crippen molar-refractivity contribution >= 4 is 31.5 Å². The predicted molar refractivity (Wildman–Crippen MR) is 148 cm³/mol. The van der Waals surface area contributed by atoms with Crippen LogP contribution in [0.2, 0.25) is 0 Å². The fourth-order valence-electron chi connectivity index (χ4n) is 4.46. The molecule has 0 aliphatic heterocycles. The Bertz CT molecular complexity index is 1750. The largest absolute Gasteiger partial charge is 0.493 e. The van der Waals surface area contributed by atoms with Gasteiger partial charge in [0.15, 0.2) is 23.0 Å². The highest BCUT2D eigenvalue weighted by atomic mass is 32.2. The molecule has 0 fully saturated rings. The Hall–Kier alpha value is -4.50. The lowest BCUT2D eigenvalue weighted by molar-refractivity contribution is 0.297. The van der Waals surface area contributed by atoms with Crippen molar-refractivity contribution in [3.8, 4) is 28.9 Å². The van der Waals surface area contributed by atoms with Crippen LogP contribution in [0.1, 0.15) is 5.56 Å². The number of pyridine rings is 1. The second kappa shape index (κ2) is 10.7. The Kier molecular flexibility index (Phi) is 7.17. The van der Waals surface area contributed by atoms with Crippen LogP contribution in [0.4, 0.5) is 0 Å². The maximum Gasteiger partial charge on any atom is 0.226 e. The molecule has 200 valence electrons. The Morgan fingerprint density at radius 3 is 1.95 bits per heavy atom. The van der Waals surface area contributed by atoms with Crippen molar-refractivity contribution in [2.75, 3.05) is 28.4 Å². The van der Waals surface area contributed by atoms with Crippen LogP contribution in [0.3, 0.4) is 0 Å². The van der Waals surface area contributed by atoms with Gasteiger partial charge in [-0.05, 0) is 48.0 Å². The third kappa shape index (κ3) is 4.77. The van der Waals surface area contributed by atoms with Crippen molar-refractivity contribution in [3.05, 3.63) is 84.4 Å². The number of hydrogen-bond acceptors (Lipinski definition) is 8. The molecule has 0 spiro atoms. The molecule has 0 saturated carbocycles. The van der Waals surface area contributed by atoms with E-state index < -0.39 is 9.84 Å². The Morgan fingerprint density at radius 1 is 0.667 bits per heavy atom. The van der Waals surface area contributed by atoms with Crippen molar-refractivity contribution in [1.82, 2.24) is 4.98 Å². The molecular formula is C30H27NO7S. The summed E-state index contributed by atoms with van der Waals surface area (Å²) in [6, 6.07) is 22.3. The van der Waals surface area contributed by atoms with E-state index in [-0.39, 0.29) is 16.4 Å². The number of sulfone groups is 1. The van der Waals surface area contributed by atoms with Crippen molar-refractivity contribution in [1.29, 1.82) is 0 Å². The maximum absolute atomic E-state index is 12.9. The van der Waals surface area contributed by atoms with Crippen molar-refractivity contribution in [2.45, 2.75) is 16.4 Å². The van der Waals surface area contributed by atoms with Gasteiger partial charge in [0.1, 0.15) is 6.61 Å². The first kappa shape index (κ1) is 26.1. The molecule has 0 unspecified atom stereocenters. The van der Waals surface area contributed by atoms with E-state index in [1.807, 2.05) is 18.2 Å². The van der Waals surface area contributed by atoms with Gasteiger partial charge in [0.05, 0.1) is 49.1 Å². The number of benzene rings is 4. The molecule has 1 heterocycles. The highest BCUT2D eigenvalue weighted by Gasteiger charge is 2.21. The summed E-state index contributed by atoms with van der Waals surface area (Å²) in [5.41, 5.74) is 1.41. The van der Waals surface area contributed by atoms with Crippen LogP contribution >= 0.6 is 0 Å². The van der Waals surface area contributed by atoms with Gasteiger partial charge in [-0.2, -0.15) is 0 Å². The van der Waals surface area contributed by atoms with Crippen LogP contribution in [0.15, 0.2) is 88.7 Å². The second-order valence-corrected chi connectivity index (χ2v) is 10.6. The number of aromatic nitrogens is 1. The minimum atomic E-state index is -3.61. The smallest absolute Gasteiger partial charge is 0.226 e. The fraction of sp³-hybridized carbons (Fsp3) is 0.167. The van der Waals surface area contributed by atoms with Gasteiger partial charge in [-0.3, -0.25) is 0 Å². The highest BCUT2D eigenvalue weighted by molar-refractivity contribution is 7.91. The maximum atomic E-state index is 12.9. The standard InChI is InChI=1S/C30H27NO7S/c1-34-25-15-14-22-23-16-26(35-2)27(36-3)17-24(23)31-30(28(22)29(25)37-4)38-18-19-10-12-21(13-11-19)39(32,33)20-8-6-5-7-9-20/h5-17H,18H2,1-4H3. The zero-order chi connectivity index (χ0) is 27.6. The average Bonchev–Trinajstić information content (AvgIpc) is 2.99. The van der Waals surface area contributed by atoms with Gasteiger partial charge in [0.25, 0.3) is 0 Å². The summed E-state index contributed by atoms with van der Waals surface area (Å²) in [4.78, 5) is 5.25. The lowest BCUT2D eigenvalue weighted by atomic mass is 10.0. The van der Waals surface area contributed by atoms with Gasteiger partial charge in [-0.25, -0.2) is 13.4 Å². The van der Waals surface area contributed by atoms with E-state index in [9.17, 15) is 8.42 Å². The summed E-state index contributed by atoms with van der Waals surface area (Å²) in [6.07, 6.45) is 0. The molecule has 1 aromatic heterocycles. The van der Waals surface area contributed by atoms with Crippen LogP contribution in [0.5, 0.6) is 28.9 Å². The van der Waals surface area contributed by atoms with Gasteiger partial charge in [-0.15, -0.1) is 0 Å². The molecule has 39 heavy (non-hydrogen) atoms. The summed E-state index contributed by atoms with van der Waals surface area (Å²) < 4.78 is 54.3. The van der Waals surface area contributed by atoms with Crippen LogP contribution in [-0.2, 0) is 16.4 Å². The lowest BCUT2D eigenvalue weighted by Gasteiger charge is -2.17. The summed E-state index contributed by atoms with van der Waals surface area (Å²) in [5, 5.41) is 2.30. The fourth-order valence-corrected chi connectivity index (χ4v) is 5.74. The van der Waals surface area contributed by atoms with Gasteiger partial charge in [-0.1, -0.05) is 30.3 Å². The van der Waals surface area contributed by atoms with Crippen molar-refractivity contribution in [2.24, 2.45) is 0 Å². The molecule has 0 atom stereocenters. The molecule has 0 saturated heterocycles. The Labute approximate surface area is 226 Å². The number of nitrogens with zero attached hydrogens (tertiary/aromatic N) is 1. The zero-order valence-corrected chi connectivity index (χ0v) is 22.7. The normalized spacial score (nSPS) is 11.4. The lowest BCUT2D eigenvalue weighted by Crippen LogP contribution is -2.03. The molecular weight excluding hydrogens is 518 g/mol. The Morgan fingerprint density at radius 2 is 1.31 bits per heavy atom. The number of rotatable bonds is 9. The van der Waals surface area contributed by atoms with Gasteiger partial charge < -0.3 is 23.7 Å². The summed E-state index contributed by atoms with van der Waals surface area (Å²) in [7, 11) is 2.66. The van der Waals surface area contributed by atoms with Gasteiger partial charge in [0, 0.05) is 16.8 Å². The van der Waals surface area contributed by atoms with E-state index in [1.54, 1.807) is 89.1 Å². The summed E-state index contributed by atoms with van der Waals surface area (Å²) in [5.74, 6) is 2.47. The van der Waals surface area contributed by atoms with Gasteiger partial charge in [0.2, 0.25) is 15.7 Å². The van der Waals surface area contributed by atoms with Crippen LogP contribution in [0, 0.1) is 0 Å². The Balaban J connectivity index is 1.55. The molecule has 0 amide bonds.